The summed E-state index contributed by atoms with van der Waals surface area (Å²) in [5, 5.41) is 12.2. The van der Waals surface area contributed by atoms with Crippen molar-refractivity contribution >= 4 is 21.8 Å². The molecule has 3 rings (SSSR count). The number of sulfonamides is 1. The molecule has 1 saturated heterocycles. The van der Waals surface area contributed by atoms with Crippen molar-refractivity contribution in [2.75, 3.05) is 34.5 Å². The van der Waals surface area contributed by atoms with Crippen molar-refractivity contribution in [3.05, 3.63) is 48.0 Å². The average Bonchev–Trinajstić information content (AvgIpc) is 2.91. The zero-order chi connectivity index (χ0) is 24.2. The molecule has 178 valence electrons. The van der Waals surface area contributed by atoms with Gasteiger partial charge in [0.2, 0.25) is 11.8 Å². The maximum absolute atomic E-state index is 13.6. The van der Waals surface area contributed by atoms with Crippen molar-refractivity contribution in [1.82, 2.24) is 9.62 Å². The van der Waals surface area contributed by atoms with Crippen molar-refractivity contribution in [1.29, 1.82) is 0 Å². The predicted octanol–water partition coefficient (Wildman–Crippen LogP) is 0.930. The summed E-state index contributed by atoms with van der Waals surface area (Å²) < 4.78 is 43.2. The Hall–Kier alpha value is -3.31. The molecular formula is C22H26N2O8S. The highest BCUT2D eigenvalue weighted by Crippen LogP contribution is 2.30. The number of hydrogen-bond donors (Lipinski definition) is 2. The molecule has 10 nitrogen and oxygen atoms in total. The van der Waals surface area contributed by atoms with Crippen LogP contribution in [0, 0.1) is 5.92 Å². The second kappa shape index (κ2) is 10.1. The van der Waals surface area contributed by atoms with Gasteiger partial charge in [-0.1, -0.05) is 0 Å². The van der Waals surface area contributed by atoms with Gasteiger partial charge in [0.05, 0.1) is 31.6 Å². The van der Waals surface area contributed by atoms with Gasteiger partial charge in [-0.05, 0) is 54.4 Å². The lowest BCUT2D eigenvalue weighted by molar-refractivity contribution is -0.136. The van der Waals surface area contributed by atoms with Crippen molar-refractivity contribution < 1.29 is 37.3 Å². The highest BCUT2D eigenvalue weighted by atomic mass is 32.2. The summed E-state index contributed by atoms with van der Waals surface area (Å²) in [5.74, 6) is -1.39. The van der Waals surface area contributed by atoms with Gasteiger partial charge in [0.25, 0.3) is 10.0 Å². The number of methoxy groups -OCH3 is 3. The molecule has 2 aromatic carbocycles. The maximum Gasteiger partial charge on any atom is 0.267 e. The van der Waals surface area contributed by atoms with Gasteiger partial charge < -0.3 is 24.6 Å². The van der Waals surface area contributed by atoms with Gasteiger partial charge in [0.1, 0.15) is 23.3 Å². The lowest BCUT2D eigenvalue weighted by atomic mass is 9.97. The molecule has 1 aliphatic heterocycles. The number of ether oxygens (including phenoxy) is 3. The number of benzene rings is 2. The Kier molecular flexibility index (Phi) is 7.44. The second-order valence-corrected chi connectivity index (χ2v) is 9.24. The Morgan fingerprint density at radius 1 is 1.06 bits per heavy atom. The van der Waals surface area contributed by atoms with E-state index in [4.69, 9.17) is 14.2 Å². The quantitative estimate of drug-likeness (QED) is 0.573. The number of amides is 2. The van der Waals surface area contributed by atoms with Crippen LogP contribution in [-0.4, -0.2) is 70.2 Å². The third kappa shape index (κ3) is 5.04. The number of phenols is 1. The van der Waals surface area contributed by atoms with E-state index in [1.54, 1.807) is 18.2 Å². The molecule has 1 aliphatic rings. The summed E-state index contributed by atoms with van der Waals surface area (Å²) in [7, 11) is -0.133. The third-order valence-electron chi connectivity index (χ3n) is 5.35. The first-order chi connectivity index (χ1) is 15.7. The number of carbonyl (C=O) groups is 2. The summed E-state index contributed by atoms with van der Waals surface area (Å²) in [6.45, 7) is -0.385. The maximum atomic E-state index is 13.6. The monoisotopic (exact) mass is 478 g/mol. The first kappa shape index (κ1) is 24.3. The minimum Gasteiger partial charge on any atom is -0.508 e. The van der Waals surface area contributed by atoms with Crippen molar-refractivity contribution in [2.45, 2.75) is 17.4 Å². The number of carbonyl (C=O) groups excluding carboxylic acids is 2. The molecule has 2 atom stereocenters. The van der Waals surface area contributed by atoms with E-state index in [-0.39, 0.29) is 30.2 Å². The van der Waals surface area contributed by atoms with E-state index in [9.17, 15) is 23.1 Å². The Bertz CT molecular complexity index is 1120. The van der Waals surface area contributed by atoms with Crippen LogP contribution in [0.25, 0.3) is 0 Å². The molecule has 0 aliphatic carbocycles. The van der Waals surface area contributed by atoms with Gasteiger partial charge >= 0.3 is 0 Å². The standard InChI is InChI=1S/C22H26N2O8S/c1-30-13-19-21(26)23-12-15(10-14-11-17(31-2)6-9-20(14)32-3)22(27)24(19)33(28,29)18-7-4-16(25)5-8-18/h4-9,11,15,19,25H,10,12-13H2,1-3H3,(H,23,26). The fourth-order valence-corrected chi connectivity index (χ4v) is 5.24. The van der Waals surface area contributed by atoms with E-state index in [1.165, 1.54) is 45.6 Å². The van der Waals surface area contributed by atoms with Crippen LogP contribution in [0.3, 0.4) is 0 Å². The minimum absolute atomic E-state index is 0.0696. The molecule has 2 amide bonds. The lowest BCUT2D eigenvalue weighted by Gasteiger charge is -2.29. The van der Waals surface area contributed by atoms with Crippen LogP contribution in [0.4, 0.5) is 0 Å². The molecule has 2 N–H and O–H groups in total. The van der Waals surface area contributed by atoms with Crippen LogP contribution < -0.4 is 14.8 Å². The van der Waals surface area contributed by atoms with E-state index >= 15 is 0 Å². The van der Waals surface area contributed by atoms with E-state index in [0.717, 1.165) is 0 Å². The summed E-state index contributed by atoms with van der Waals surface area (Å²) in [6.07, 6.45) is 0.0980. The Morgan fingerprint density at radius 3 is 2.36 bits per heavy atom. The fourth-order valence-electron chi connectivity index (χ4n) is 3.65. The molecule has 1 heterocycles. The number of hydrogen-bond acceptors (Lipinski definition) is 8. The van der Waals surface area contributed by atoms with Crippen LogP contribution in [0.15, 0.2) is 47.4 Å². The van der Waals surface area contributed by atoms with E-state index in [1.807, 2.05) is 0 Å². The average molecular weight is 479 g/mol. The molecule has 0 radical (unpaired) electrons. The molecule has 33 heavy (non-hydrogen) atoms. The number of phenolic OH excluding ortho intramolecular Hbond substituents is 1. The van der Waals surface area contributed by atoms with Crippen LogP contribution in [-0.2, 0) is 30.8 Å². The number of rotatable bonds is 8. The number of nitrogens with zero attached hydrogens (tertiary/aromatic N) is 1. The third-order valence-corrected chi connectivity index (χ3v) is 7.17. The van der Waals surface area contributed by atoms with Gasteiger partial charge in [-0.3, -0.25) is 9.59 Å². The Labute approximate surface area is 192 Å². The van der Waals surface area contributed by atoms with Crippen LogP contribution in [0.5, 0.6) is 17.2 Å². The molecule has 1 fully saturated rings. The van der Waals surface area contributed by atoms with E-state index in [0.29, 0.717) is 21.4 Å². The zero-order valence-corrected chi connectivity index (χ0v) is 19.3. The van der Waals surface area contributed by atoms with Gasteiger partial charge in [0, 0.05) is 13.7 Å². The predicted molar refractivity (Wildman–Crippen MR) is 118 cm³/mol. The van der Waals surface area contributed by atoms with Crippen LogP contribution in [0.2, 0.25) is 0 Å². The highest BCUT2D eigenvalue weighted by Gasteiger charge is 2.45. The number of nitrogens with one attached hydrogen (secondary N) is 1. The number of aromatic hydroxyl groups is 1. The molecular weight excluding hydrogens is 452 g/mol. The summed E-state index contributed by atoms with van der Waals surface area (Å²) >= 11 is 0. The van der Waals surface area contributed by atoms with Gasteiger partial charge in [-0.25, -0.2) is 12.7 Å². The molecule has 11 heteroatoms. The molecule has 2 unspecified atom stereocenters. The van der Waals surface area contributed by atoms with Crippen molar-refractivity contribution in [3.63, 3.8) is 0 Å². The van der Waals surface area contributed by atoms with Crippen LogP contribution >= 0.6 is 0 Å². The van der Waals surface area contributed by atoms with Gasteiger partial charge in [-0.15, -0.1) is 0 Å². The normalized spacial score (nSPS) is 19.1. The second-order valence-electron chi connectivity index (χ2n) is 7.43. The first-order valence-electron chi connectivity index (χ1n) is 10.1. The van der Waals surface area contributed by atoms with Crippen molar-refractivity contribution in [3.8, 4) is 17.2 Å². The fraction of sp³-hybridized carbons (Fsp3) is 0.364. The Balaban J connectivity index is 2.05. The van der Waals surface area contributed by atoms with Crippen LogP contribution in [0.1, 0.15) is 5.56 Å². The summed E-state index contributed by atoms with van der Waals surface area (Å²) in [5.41, 5.74) is 0.622. The van der Waals surface area contributed by atoms with Gasteiger partial charge in [-0.2, -0.15) is 0 Å². The summed E-state index contributed by atoms with van der Waals surface area (Å²) in [6, 6.07) is 8.43. The topological polar surface area (TPSA) is 131 Å². The molecule has 0 saturated carbocycles. The summed E-state index contributed by atoms with van der Waals surface area (Å²) in [4.78, 5) is 26.1. The zero-order valence-electron chi connectivity index (χ0n) is 18.5. The van der Waals surface area contributed by atoms with E-state index < -0.39 is 33.8 Å². The molecule has 0 bridgehead atoms. The van der Waals surface area contributed by atoms with Gasteiger partial charge in [0.15, 0.2) is 0 Å². The van der Waals surface area contributed by atoms with E-state index in [2.05, 4.69) is 5.32 Å². The molecule has 0 spiro atoms. The first-order valence-corrected chi connectivity index (χ1v) is 11.5. The largest absolute Gasteiger partial charge is 0.508 e. The smallest absolute Gasteiger partial charge is 0.267 e. The molecule has 0 aromatic heterocycles. The SMILES string of the molecule is COCC1C(=O)NCC(Cc2cc(OC)ccc2OC)C(=O)N1S(=O)(=O)c1ccc(O)cc1. The highest BCUT2D eigenvalue weighted by molar-refractivity contribution is 7.89. The van der Waals surface area contributed by atoms with Crippen molar-refractivity contribution in [2.24, 2.45) is 5.92 Å². The Morgan fingerprint density at radius 2 is 1.76 bits per heavy atom. The molecule has 2 aromatic rings. The minimum atomic E-state index is -4.43. The lowest BCUT2D eigenvalue weighted by Crippen LogP contribution is -2.52.